The molecule has 2 aromatic rings. The van der Waals surface area contributed by atoms with E-state index in [1.54, 1.807) is 42.0 Å². The van der Waals surface area contributed by atoms with Crippen molar-refractivity contribution in [1.29, 1.82) is 0 Å². The summed E-state index contributed by atoms with van der Waals surface area (Å²) in [4.78, 5) is 14.3. The zero-order chi connectivity index (χ0) is 20.3. The van der Waals surface area contributed by atoms with Crippen LogP contribution >= 0.6 is 11.8 Å². The Balaban J connectivity index is 1.83. The number of anilines is 1. The molecular formula is C19H19F3N2O3S. The van der Waals surface area contributed by atoms with Crippen LogP contribution in [-0.4, -0.2) is 37.4 Å². The number of nitrogens with zero attached hydrogens (tertiary/aromatic N) is 1. The van der Waals surface area contributed by atoms with Crippen LogP contribution in [0, 0.1) is 0 Å². The van der Waals surface area contributed by atoms with Crippen molar-refractivity contribution in [1.82, 2.24) is 4.90 Å². The first kappa shape index (κ1) is 20.2. The molecule has 3 rings (SSSR count). The fourth-order valence-electron chi connectivity index (χ4n) is 2.94. The maximum Gasteiger partial charge on any atom is 0.416 e. The molecule has 0 aliphatic carbocycles. The number of hydrogen-bond donors (Lipinski definition) is 1. The topological polar surface area (TPSA) is 50.8 Å². The Bertz CT molecular complexity index is 861. The number of methoxy groups -OCH3 is 2. The number of nitrogens with one attached hydrogen (secondary N) is 1. The lowest BCUT2D eigenvalue weighted by atomic mass is 10.1. The van der Waals surface area contributed by atoms with Crippen molar-refractivity contribution in [2.24, 2.45) is 0 Å². The molecular weight excluding hydrogens is 393 g/mol. The number of alkyl halides is 3. The molecule has 1 N–H and O–H groups in total. The van der Waals surface area contributed by atoms with Crippen LogP contribution in [0.4, 0.5) is 23.7 Å². The number of thioether (sulfide) groups is 1. The highest BCUT2D eigenvalue weighted by Gasteiger charge is 2.34. The van der Waals surface area contributed by atoms with Crippen molar-refractivity contribution in [3.63, 3.8) is 0 Å². The highest BCUT2D eigenvalue weighted by Crippen LogP contribution is 2.43. The van der Waals surface area contributed by atoms with E-state index in [-0.39, 0.29) is 11.1 Å². The second kappa shape index (κ2) is 8.22. The van der Waals surface area contributed by atoms with Gasteiger partial charge in [0.15, 0.2) is 0 Å². The fourth-order valence-corrected chi connectivity index (χ4v) is 4.21. The van der Waals surface area contributed by atoms with Gasteiger partial charge in [0.1, 0.15) is 16.9 Å². The minimum Gasteiger partial charge on any atom is -0.497 e. The summed E-state index contributed by atoms with van der Waals surface area (Å²) in [6.07, 6.45) is -4.47. The van der Waals surface area contributed by atoms with E-state index < -0.39 is 17.8 Å². The number of carbonyl (C=O) groups is 1. The number of benzene rings is 2. The van der Waals surface area contributed by atoms with E-state index in [1.165, 1.54) is 19.2 Å². The molecule has 1 aliphatic heterocycles. The maximum atomic E-state index is 12.9. The van der Waals surface area contributed by atoms with Gasteiger partial charge in [0.25, 0.3) is 0 Å². The molecule has 28 heavy (non-hydrogen) atoms. The Morgan fingerprint density at radius 2 is 1.96 bits per heavy atom. The summed E-state index contributed by atoms with van der Waals surface area (Å²) in [5, 5.41) is 2.23. The molecule has 0 radical (unpaired) electrons. The number of urea groups is 1. The number of rotatable bonds is 4. The Labute approximate surface area is 164 Å². The fraction of sp³-hybridized carbons (Fsp3) is 0.316. The molecule has 0 spiro atoms. The molecule has 1 aliphatic rings. The van der Waals surface area contributed by atoms with Crippen LogP contribution in [0.1, 0.15) is 16.5 Å². The van der Waals surface area contributed by atoms with Crippen LogP contribution < -0.4 is 14.8 Å². The minimum atomic E-state index is -4.47. The Hall–Kier alpha value is -2.55. The first-order chi connectivity index (χ1) is 13.3. The van der Waals surface area contributed by atoms with Crippen molar-refractivity contribution < 1.29 is 27.4 Å². The van der Waals surface area contributed by atoms with Gasteiger partial charge in [0, 0.05) is 23.5 Å². The average molecular weight is 412 g/mol. The summed E-state index contributed by atoms with van der Waals surface area (Å²) in [7, 11) is 3.09. The third-order valence-corrected chi connectivity index (χ3v) is 5.54. The molecule has 2 aromatic carbocycles. The third-order valence-electron chi connectivity index (χ3n) is 4.30. The number of carbonyl (C=O) groups excluding carboxylic acids is 1. The van der Waals surface area contributed by atoms with E-state index in [2.05, 4.69) is 5.32 Å². The lowest BCUT2D eigenvalue weighted by Gasteiger charge is -2.26. The van der Waals surface area contributed by atoms with Gasteiger partial charge in [-0.3, -0.25) is 0 Å². The monoisotopic (exact) mass is 412 g/mol. The van der Waals surface area contributed by atoms with Gasteiger partial charge in [-0.1, -0.05) is 6.07 Å². The van der Waals surface area contributed by atoms with E-state index in [0.29, 0.717) is 23.8 Å². The van der Waals surface area contributed by atoms with Gasteiger partial charge in [-0.2, -0.15) is 13.2 Å². The smallest absolute Gasteiger partial charge is 0.416 e. The van der Waals surface area contributed by atoms with E-state index in [0.717, 1.165) is 17.7 Å². The van der Waals surface area contributed by atoms with E-state index >= 15 is 0 Å². The van der Waals surface area contributed by atoms with Crippen LogP contribution in [0.3, 0.4) is 0 Å². The van der Waals surface area contributed by atoms with Gasteiger partial charge in [0.2, 0.25) is 0 Å². The Morgan fingerprint density at radius 1 is 1.18 bits per heavy atom. The highest BCUT2D eigenvalue weighted by atomic mass is 32.2. The van der Waals surface area contributed by atoms with Crippen LogP contribution in [0.2, 0.25) is 0 Å². The molecule has 1 saturated heterocycles. The standard InChI is InChI=1S/C19H19F3N2O3S/c1-26-14-6-7-16(27-2)15(11-14)17-24(8-9-28-17)18(25)23-13-5-3-4-12(10-13)19(20,21)22/h3-7,10-11,17H,8-9H2,1-2H3,(H,23,25)/t17-/m0/s1. The Kier molecular flexibility index (Phi) is 5.93. The lowest BCUT2D eigenvalue weighted by Crippen LogP contribution is -2.34. The molecule has 1 fully saturated rings. The minimum absolute atomic E-state index is 0.0908. The average Bonchev–Trinajstić information content (AvgIpc) is 3.17. The number of amides is 2. The quantitative estimate of drug-likeness (QED) is 0.768. The van der Waals surface area contributed by atoms with Crippen molar-refractivity contribution in [3.8, 4) is 11.5 Å². The van der Waals surface area contributed by atoms with Crippen molar-refractivity contribution >= 4 is 23.5 Å². The van der Waals surface area contributed by atoms with Crippen LogP contribution in [0.15, 0.2) is 42.5 Å². The molecule has 1 heterocycles. The molecule has 2 amide bonds. The van der Waals surface area contributed by atoms with Crippen molar-refractivity contribution in [2.45, 2.75) is 11.6 Å². The zero-order valence-electron chi connectivity index (χ0n) is 15.2. The molecule has 0 bridgehead atoms. The molecule has 0 saturated carbocycles. The SMILES string of the molecule is COc1ccc(OC)c([C@@H]2SCCN2C(=O)Nc2cccc(C(F)(F)F)c2)c1. The van der Waals surface area contributed by atoms with Crippen molar-refractivity contribution in [3.05, 3.63) is 53.6 Å². The van der Waals surface area contributed by atoms with Crippen LogP contribution in [0.5, 0.6) is 11.5 Å². The first-order valence-electron chi connectivity index (χ1n) is 8.42. The van der Waals surface area contributed by atoms with Gasteiger partial charge in [-0.05, 0) is 36.4 Å². The highest BCUT2D eigenvalue weighted by molar-refractivity contribution is 7.99. The number of halogens is 3. The zero-order valence-corrected chi connectivity index (χ0v) is 16.1. The molecule has 0 unspecified atom stereocenters. The summed E-state index contributed by atoms with van der Waals surface area (Å²) in [5.41, 5.74) is 0.0451. The normalized spacial score (nSPS) is 16.8. The predicted molar refractivity (Wildman–Crippen MR) is 102 cm³/mol. The van der Waals surface area contributed by atoms with Gasteiger partial charge in [0.05, 0.1) is 19.8 Å². The summed E-state index contributed by atoms with van der Waals surface area (Å²) < 4.78 is 49.3. The number of ether oxygens (including phenoxy) is 2. The maximum absolute atomic E-state index is 12.9. The molecule has 150 valence electrons. The second-order valence-electron chi connectivity index (χ2n) is 6.03. The first-order valence-corrected chi connectivity index (χ1v) is 9.47. The molecule has 0 aromatic heterocycles. The summed E-state index contributed by atoms with van der Waals surface area (Å²) in [6, 6.07) is 9.42. The van der Waals surface area contributed by atoms with E-state index in [9.17, 15) is 18.0 Å². The van der Waals surface area contributed by atoms with Gasteiger partial charge < -0.3 is 19.7 Å². The third kappa shape index (κ3) is 4.30. The lowest BCUT2D eigenvalue weighted by molar-refractivity contribution is -0.137. The molecule has 1 atom stereocenters. The van der Waals surface area contributed by atoms with Gasteiger partial charge in [-0.25, -0.2) is 4.79 Å². The van der Waals surface area contributed by atoms with Gasteiger partial charge in [-0.15, -0.1) is 11.8 Å². The van der Waals surface area contributed by atoms with Crippen LogP contribution in [0.25, 0.3) is 0 Å². The largest absolute Gasteiger partial charge is 0.497 e. The second-order valence-corrected chi connectivity index (χ2v) is 7.22. The predicted octanol–water partition coefficient (Wildman–Crippen LogP) is 5.00. The summed E-state index contributed by atoms with van der Waals surface area (Å²) in [6.45, 7) is 0.459. The van der Waals surface area contributed by atoms with E-state index in [1.807, 2.05) is 0 Å². The number of hydrogen-bond acceptors (Lipinski definition) is 4. The molecule has 9 heteroatoms. The van der Waals surface area contributed by atoms with E-state index in [4.69, 9.17) is 9.47 Å². The van der Waals surface area contributed by atoms with Crippen LogP contribution in [-0.2, 0) is 6.18 Å². The van der Waals surface area contributed by atoms with Gasteiger partial charge >= 0.3 is 12.2 Å². The summed E-state index contributed by atoms with van der Waals surface area (Å²) in [5.74, 6) is 1.93. The summed E-state index contributed by atoms with van der Waals surface area (Å²) >= 11 is 1.55. The Morgan fingerprint density at radius 3 is 2.64 bits per heavy atom. The van der Waals surface area contributed by atoms with Crippen molar-refractivity contribution in [2.75, 3.05) is 31.8 Å². The molecule has 5 nitrogen and oxygen atoms in total.